The number of allylic oxidation sites excluding steroid dienone is 3. The van der Waals surface area contributed by atoms with Gasteiger partial charge in [-0.2, -0.15) is 13.2 Å². The number of halogens is 3. The second kappa shape index (κ2) is 5.66. The van der Waals surface area contributed by atoms with Crippen LogP contribution in [0, 0.1) is 11.8 Å². The lowest BCUT2D eigenvalue weighted by atomic mass is 9.73. The summed E-state index contributed by atoms with van der Waals surface area (Å²) in [7, 11) is 0. The highest BCUT2D eigenvalue weighted by Crippen LogP contribution is 2.51. The Hall–Kier alpha value is -1.75. The van der Waals surface area contributed by atoms with Crippen LogP contribution < -0.4 is 5.32 Å². The molecule has 1 heterocycles. The molecule has 1 unspecified atom stereocenters. The molecule has 1 aromatic carbocycles. The SMILES string of the molecule is O[C@@H]1C[C@@H]2[C@H](C1)c1cc(C(F)(F)F)ccc1N[C@H]2C1C=CC=CC1. The molecule has 0 bridgehead atoms. The Kier molecular flexibility index (Phi) is 3.71. The molecule has 24 heavy (non-hydrogen) atoms. The first-order valence-electron chi connectivity index (χ1n) is 8.42. The average Bonchev–Trinajstić information content (AvgIpc) is 2.95. The summed E-state index contributed by atoms with van der Waals surface area (Å²) in [5.74, 6) is 0.461. The van der Waals surface area contributed by atoms with Gasteiger partial charge < -0.3 is 10.4 Å². The smallest absolute Gasteiger partial charge is 0.393 e. The molecule has 1 aliphatic heterocycles. The number of hydrogen-bond acceptors (Lipinski definition) is 2. The van der Waals surface area contributed by atoms with Crippen molar-refractivity contribution in [2.45, 2.75) is 43.5 Å². The van der Waals surface area contributed by atoms with Crippen molar-refractivity contribution < 1.29 is 18.3 Å². The summed E-state index contributed by atoms with van der Waals surface area (Å²) in [6.45, 7) is 0. The van der Waals surface area contributed by atoms with E-state index in [1.807, 2.05) is 12.2 Å². The van der Waals surface area contributed by atoms with Gasteiger partial charge in [0.2, 0.25) is 0 Å². The maximum absolute atomic E-state index is 13.1. The molecule has 0 aromatic heterocycles. The van der Waals surface area contributed by atoms with Gasteiger partial charge in [-0.1, -0.05) is 24.3 Å². The second-order valence-corrected chi connectivity index (χ2v) is 7.08. The van der Waals surface area contributed by atoms with Crippen LogP contribution in [0.2, 0.25) is 0 Å². The number of aliphatic hydroxyl groups excluding tert-OH is 1. The molecule has 1 fully saturated rings. The molecule has 0 saturated heterocycles. The fourth-order valence-corrected chi connectivity index (χ4v) is 4.55. The molecule has 4 rings (SSSR count). The van der Waals surface area contributed by atoms with E-state index in [4.69, 9.17) is 0 Å². The number of alkyl halides is 3. The molecule has 5 heteroatoms. The molecule has 0 radical (unpaired) electrons. The monoisotopic (exact) mass is 335 g/mol. The standard InChI is InChI=1S/C19H20F3NO/c20-19(21,22)12-6-7-17-15(8-12)14-9-13(24)10-16(14)18(23-17)11-4-2-1-3-5-11/h1-4,6-8,11,13-14,16,18,23-24H,5,9-10H2/t11?,13-,14+,16+,18-/m0/s1. The van der Waals surface area contributed by atoms with Gasteiger partial charge in [-0.25, -0.2) is 0 Å². The van der Waals surface area contributed by atoms with E-state index in [1.165, 1.54) is 6.07 Å². The Morgan fingerprint density at radius 3 is 2.67 bits per heavy atom. The highest BCUT2D eigenvalue weighted by molar-refractivity contribution is 5.59. The number of hydrogen-bond donors (Lipinski definition) is 2. The van der Waals surface area contributed by atoms with Crippen molar-refractivity contribution >= 4 is 5.69 Å². The number of anilines is 1. The lowest BCUT2D eigenvalue weighted by molar-refractivity contribution is -0.137. The van der Waals surface area contributed by atoms with Gasteiger partial charge >= 0.3 is 6.18 Å². The zero-order chi connectivity index (χ0) is 16.9. The Morgan fingerprint density at radius 2 is 1.96 bits per heavy atom. The summed E-state index contributed by atoms with van der Waals surface area (Å²) in [5.41, 5.74) is 0.881. The molecule has 2 N–H and O–H groups in total. The van der Waals surface area contributed by atoms with Gasteiger partial charge in [-0.05, 0) is 54.9 Å². The first-order valence-corrected chi connectivity index (χ1v) is 8.42. The molecule has 3 aliphatic rings. The predicted molar refractivity (Wildman–Crippen MR) is 86.7 cm³/mol. The highest BCUT2D eigenvalue weighted by Gasteiger charge is 2.46. The molecule has 128 valence electrons. The van der Waals surface area contributed by atoms with Crippen LogP contribution in [0.4, 0.5) is 18.9 Å². The lowest BCUT2D eigenvalue weighted by Crippen LogP contribution is -2.41. The Bertz CT molecular complexity index is 694. The van der Waals surface area contributed by atoms with Crippen molar-refractivity contribution in [3.05, 3.63) is 53.6 Å². The van der Waals surface area contributed by atoms with E-state index < -0.39 is 17.8 Å². The summed E-state index contributed by atoms with van der Waals surface area (Å²) in [6.07, 6.45) is 5.66. The summed E-state index contributed by atoms with van der Waals surface area (Å²) in [4.78, 5) is 0. The number of benzene rings is 1. The fraction of sp³-hybridized carbons (Fsp3) is 0.474. The van der Waals surface area contributed by atoms with E-state index in [0.717, 1.165) is 18.2 Å². The minimum absolute atomic E-state index is 0.0112. The topological polar surface area (TPSA) is 32.3 Å². The van der Waals surface area contributed by atoms with Crippen LogP contribution in [-0.4, -0.2) is 17.3 Å². The minimum atomic E-state index is -4.34. The quantitative estimate of drug-likeness (QED) is 0.793. The summed E-state index contributed by atoms with van der Waals surface area (Å²) < 4.78 is 39.2. The van der Waals surface area contributed by atoms with Gasteiger partial charge in [0.15, 0.2) is 0 Å². The molecule has 1 aromatic rings. The molecule has 0 amide bonds. The van der Waals surface area contributed by atoms with Gasteiger partial charge in [0, 0.05) is 17.6 Å². The van der Waals surface area contributed by atoms with Crippen LogP contribution in [0.15, 0.2) is 42.5 Å². The third kappa shape index (κ3) is 2.65. The maximum Gasteiger partial charge on any atom is 0.416 e. The zero-order valence-electron chi connectivity index (χ0n) is 13.1. The molecule has 0 spiro atoms. The maximum atomic E-state index is 13.1. The van der Waals surface area contributed by atoms with Crippen LogP contribution in [0.1, 0.15) is 36.3 Å². The number of nitrogens with one attached hydrogen (secondary N) is 1. The number of rotatable bonds is 1. The van der Waals surface area contributed by atoms with Crippen molar-refractivity contribution in [2.24, 2.45) is 11.8 Å². The van der Waals surface area contributed by atoms with E-state index in [0.29, 0.717) is 24.3 Å². The third-order valence-electron chi connectivity index (χ3n) is 5.62. The summed E-state index contributed by atoms with van der Waals surface area (Å²) in [6, 6.07) is 4.11. The third-order valence-corrected chi connectivity index (χ3v) is 5.62. The van der Waals surface area contributed by atoms with E-state index in [2.05, 4.69) is 17.5 Å². The molecule has 2 nitrogen and oxygen atoms in total. The summed E-state index contributed by atoms with van der Waals surface area (Å²) in [5, 5.41) is 13.6. The van der Waals surface area contributed by atoms with Gasteiger partial charge in [0.1, 0.15) is 0 Å². The van der Waals surface area contributed by atoms with Crippen molar-refractivity contribution in [1.29, 1.82) is 0 Å². The van der Waals surface area contributed by atoms with Gasteiger partial charge in [0.05, 0.1) is 11.7 Å². The van der Waals surface area contributed by atoms with Crippen LogP contribution in [0.25, 0.3) is 0 Å². The molecule has 1 saturated carbocycles. The normalized spacial score (nSPS) is 34.6. The number of fused-ring (bicyclic) bond motifs is 3. The van der Waals surface area contributed by atoms with E-state index >= 15 is 0 Å². The Labute approximate surface area is 139 Å². The summed E-state index contributed by atoms with van der Waals surface area (Å²) >= 11 is 0. The average molecular weight is 335 g/mol. The Balaban J connectivity index is 1.72. The first-order chi connectivity index (χ1) is 11.4. The van der Waals surface area contributed by atoms with Gasteiger partial charge in [0.25, 0.3) is 0 Å². The van der Waals surface area contributed by atoms with Crippen LogP contribution in [0.5, 0.6) is 0 Å². The fourth-order valence-electron chi connectivity index (χ4n) is 4.55. The van der Waals surface area contributed by atoms with Crippen molar-refractivity contribution in [1.82, 2.24) is 0 Å². The van der Waals surface area contributed by atoms with E-state index in [9.17, 15) is 18.3 Å². The van der Waals surface area contributed by atoms with Crippen molar-refractivity contribution in [3.63, 3.8) is 0 Å². The minimum Gasteiger partial charge on any atom is -0.393 e. The van der Waals surface area contributed by atoms with Crippen LogP contribution in [0.3, 0.4) is 0 Å². The second-order valence-electron chi connectivity index (χ2n) is 7.08. The van der Waals surface area contributed by atoms with Crippen molar-refractivity contribution in [3.8, 4) is 0 Å². The van der Waals surface area contributed by atoms with Crippen LogP contribution >= 0.6 is 0 Å². The molecule has 2 aliphatic carbocycles. The Morgan fingerprint density at radius 1 is 1.12 bits per heavy atom. The van der Waals surface area contributed by atoms with Crippen molar-refractivity contribution in [2.75, 3.05) is 5.32 Å². The largest absolute Gasteiger partial charge is 0.416 e. The van der Waals surface area contributed by atoms with E-state index in [1.54, 1.807) is 6.07 Å². The van der Waals surface area contributed by atoms with E-state index in [-0.39, 0.29) is 17.9 Å². The van der Waals surface area contributed by atoms with Gasteiger partial charge in [-0.3, -0.25) is 0 Å². The number of aliphatic hydroxyl groups is 1. The zero-order valence-corrected chi connectivity index (χ0v) is 13.1. The van der Waals surface area contributed by atoms with Gasteiger partial charge in [-0.15, -0.1) is 0 Å². The predicted octanol–water partition coefficient (Wildman–Crippen LogP) is 4.49. The molecular weight excluding hydrogens is 315 g/mol. The highest BCUT2D eigenvalue weighted by atomic mass is 19.4. The molecule has 5 atom stereocenters. The lowest BCUT2D eigenvalue weighted by Gasteiger charge is -2.41. The van der Waals surface area contributed by atoms with Crippen LogP contribution in [-0.2, 0) is 6.18 Å². The first kappa shape index (κ1) is 15.8. The molecular formula is C19H20F3NO.